The van der Waals surface area contributed by atoms with Crippen LogP contribution in [0.25, 0.3) is 0 Å². The predicted molar refractivity (Wildman–Crippen MR) is 92.5 cm³/mol. The number of amides is 1. The monoisotopic (exact) mass is 359 g/mol. The first-order valence-corrected chi connectivity index (χ1v) is 9.22. The van der Waals surface area contributed by atoms with Crippen LogP contribution in [0, 0.1) is 11.8 Å². The van der Waals surface area contributed by atoms with Gasteiger partial charge in [-0.1, -0.05) is 19.0 Å². The van der Waals surface area contributed by atoms with Gasteiger partial charge in [-0.2, -0.15) is 5.10 Å². The van der Waals surface area contributed by atoms with Crippen LogP contribution in [-0.2, 0) is 11.3 Å². The van der Waals surface area contributed by atoms with E-state index >= 15 is 0 Å². The maximum Gasteiger partial charge on any atom is 0.259 e. The second kappa shape index (κ2) is 6.83. The number of aromatic nitrogens is 4. The van der Waals surface area contributed by atoms with E-state index in [9.17, 15) is 4.79 Å². The Hall–Kier alpha value is -2.22. The van der Waals surface area contributed by atoms with Crippen LogP contribution in [0.1, 0.15) is 66.2 Å². The highest BCUT2D eigenvalue weighted by atomic mass is 16.5. The van der Waals surface area contributed by atoms with Crippen molar-refractivity contribution in [3.05, 3.63) is 29.2 Å². The second-order valence-corrected chi connectivity index (χ2v) is 7.66. The van der Waals surface area contributed by atoms with E-state index in [1.54, 1.807) is 7.11 Å². The lowest BCUT2D eigenvalue weighted by atomic mass is 9.91. The third-order valence-electron chi connectivity index (χ3n) is 5.42. The number of hydrogen-bond acceptors (Lipinski definition) is 6. The summed E-state index contributed by atoms with van der Waals surface area (Å²) in [6.07, 6.45) is 3.92. The molecule has 8 nitrogen and oxygen atoms in total. The average Bonchev–Trinajstić information content (AvgIpc) is 3.06. The van der Waals surface area contributed by atoms with Gasteiger partial charge in [0.25, 0.3) is 5.91 Å². The van der Waals surface area contributed by atoms with Gasteiger partial charge in [0, 0.05) is 26.1 Å². The van der Waals surface area contributed by atoms with Crippen molar-refractivity contribution >= 4 is 5.91 Å². The van der Waals surface area contributed by atoms with Gasteiger partial charge in [-0.25, -0.2) is 4.98 Å². The largest absolute Gasteiger partial charge is 0.377 e. The first-order chi connectivity index (χ1) is 12.6. The van der Waals surface area contributed by atoms with Crippen molar-refractivity contribution in [2.45, 2.75) is 45.1 Å². The van der Waals surface area contributed by atoms with E-state index in [2.05, 4.69) is 20.3 Å². The molecule has 3 heterocycles. The van der Waals surface area contributed by atoms with E-state index < -0.39 is 0 Å². The van der Waals surface area contributed by atoms with Gasteiger partial charge in [-0.15, -0.1) is 0 Å². The van der Waals surface area contributed by atoms with Gasteiger partial charge < -0.3 is 14.2 Å². The third-order valence-corrected chi connectivity index (χ3v) is 5.42. The fraction of sp³-hybridized carbons (Fsp3) is 0.667. The van der Waals surface area contributed by atoms with E-state index in [0.29, 0.717) is 30.6 Å². The van der Waals surface area contributed by atoms with Crippen molar-refractivity contribution in [1.29, 1.82) is 0 Å². The molecular weight excluding hydrogens is 334 g/mol. The molecular formula is C18H25N5O3. The Balaban J connectivity index is 1.55. The molecule has 2 aromatic rings. The first kappa shape index (κ1) is 17.2. The molecule has 1 aliphatic carbocycles. The summed E-state index contributed by atoms with van der Waals surface area (Å²) in [4.78, 5) is 19.6. The van der Waals surface area contributed by atoms with Gasteiger partial charge in [0.05, 0.1) is 5.69 Å². The number of aromatic amines is 1. The fourth-order valence-electron chi connectivity index (χ4n) is 3.94. The zero-order chi connectivity index (χ0) is 18.3. The zero-order valence-corrected chi connectivity index (χ0v) is 15.4. The van der Waals surface area contributed by atoms with Crippen molar-refractivity contribution in [3.8, 4) is 0 Å². The molecule has 4 rings (SSSR count). The maximum absolute atomic E-state index is 13.1. The van der Waals surface area contributed by atoms with Gasteiger partial charge in [0.1, 0.15) is 18.4 Å². The van der Waals surface area contributed by atoms with Crippen LogP contribution in [0.15, 0.2) is 10.8 Å². The summed E-state index contributed by atoms with van der Waals surface area (Å²) in [5.41, 5.74) is 1.30. The number of H-pyrrole nitrogens is 1. The molecule has 2 aliphatic rings. The Morgan fingerprint density at radius 3 is 2.92 bits per heavy atom. The van der Waals surface area contributed by atoms with Crippen molar-refractivity contribution in [1.82, 2.24) is 25.2 Å². The number of nitrogens with one attached hydrogen (secondary N) is 1. The van der Waals surface area contributed by atoms with Crippen molar-refractivity contribution < 1.29 is 14.1 Å². The topological polar surface area (TPSA) is 97.1 Å². The molecule has 1 saturated heterocycles. The summed E-state index contributed by atoms with van der Waals surface area (Å²) in [5.74, 6) is 2.89. The lowest BCUT2D eigenvalue weighted by Gasteiger charge is -2.16. The molecule has 0 unspecified atom stereocenters. The highest BCUT2D eigenvalue weighted by Gasteiger charge is 2.46. The second-order valence-electron chi connectivity index (χ2n) is 7.66. The number of carbonyl (C=O) groups excluding carboxylic acids is 1. The molecule has 26 heavy (non-hydrogen) atoms. The SMILES string of the molecule is COCc1nc([C@H]2CN(C(=O)c3conc3C(C)C)C[C@@H]2C2CC2)n[nH]1. The molecule has 0 aromatic carbocycles. The van der Waals surface area contributed by atoms with E-state index in [4.69, 9.17) is 9.26 Å². The number of carbonyl (C=O) groups is 1. The van der Waals surface area contributed by atoms with Gasteiger partial charge in [-0.05, 0) is 30.6 Å². The normalized spacial score (nSPS) is 23.2. The summed E-state index contributed by atoms with van der Waals surface area (Å²) in [5, 5.41) is 11.3. The van der Waals surface area contributed by atoms with E-state index in [1.165, 1.54) is 19.1 Å². The Bertz CT molecular complexity index is 779. The molecule has 1 aliphatic heterocycles. The number of hydrogen-bond donors (Lipinski definition) is 1. The van der Waals surface area contributed by atoms with Gasteiger partial charge in [0.2, 0.25) is 0 Å². The standard InChI is InChI=1S/C18H25N5O3/c1-10(2)16-14(8-26-22-16)18(24)23-6-12(11-4-5-11)13(7-23)17-19-15(9-25-3)20-21-17/h8,10-13H,4-7,9H2,1-3H3,(H,19,20,21)/t12-,13+/m1/s1. The fourth-order valence-corrected chi connectivity index (χ4v) is 3.94. The minimum absolute atomic E-state index is 0.00393. The van der Waals surface area contributed by atoms with Crippen LogP contribution in [0.2, 0.25) is 0 Å². The maximum atomic E-state index is 13.1. The lowest BCUT2D eigenvalue weighted by Crippen LogP contribution is -2.29. The third kappa shape index (κ3) is 3.13. The number of methoxy groups -OCH3 is 1. The smallest absolute Gasteiger partial charge is 0.259 e. The molecule has 0 spiro atoms. The van der Waals surface area contributed by atoms with Crippen LogP contribution in [0.3, 0.4) is 0 Å². The van der Waals surface area contributed by atoms with Crippen LogP contribution in [0.4, 0.5) is 0 Å². The van der Waals surface area contributed by atoms with Crippen molar-refractivity contribution in [2.24, 2.45) is 11.8 Å². The summed E-state index contributed by atoms with van der Waals surface area (Å²) >= 11 is 0. The van der Waals surface area contributed by atoms with Crippen LogP contribution in [0.5, 0.6) is 0 Å². The first-order valence-electron chi connectivity index (χ1n) is 9.22. The minimum Gasteiger partial charge on any atom is -0.377 e. The van der Waals surface area contributed by atoms with E-state index in [0.717, 1.165) is 23.9 Å². The summed E-state index contributed by atoms with van der Waals surface area (Å²) < 4.78 is 10.2. The molecule has 1 saturated carbocycles. The summed E-state index contributed by atoms with van der Waals surface area (Å²) in [6.45, 7) is 5.81. The number of nitrogens with zero attached hydrogens (tertiary/aromatic N) is 4. The highest BCUT2D eigenvalue weighted by Crippen LogP contribution is 2.47. The van der Waals surface area contributed by atoms with Gasteiger partial charge >= 0.3 is 0 Å². The molecule has 2 atom stereocenters. The molecule has 140 valence electrons. The Labute approximate surface area is 152 Å². The van der Waals surface area contributed by atoms with E-state index in [1.807, 2.05) is 18.7 Å². The quantitative estimate of drug-likeness (QED) is 0.850. The molecule has 1 N–H and O–H groups in total. The van der Waals surface area contributed by atoms with Crippen molar-refractivity contribution in [3.63, 3.8) is 0 Å². The molecule has 2 aromatic heterocycles. The van der Waals surface area contributed by atoms with Crippen molar-refractivity contribution in [2.75, 3.05) is 20.2 Å². The van der Waals surface area contributed by atoms with Crippen LogP contribution < -0.4 is 0 Å². The van der Waals surface area contributed by atoms with Crippen LogP contribution >= 0.6 is 0 Å². The molecule has 1 amide bonds. The Morgan fingerprint density at radius 1 is 1.42 bits per heavy atom. The Kier molecular flexibility index (Phi) is 4.52. The summed E-state index contributed by atoms with van der Waals surface area (Å²) in [6, 6.07) is 0. The molecule has 2 fully saturated rings. The predicted octanol–water partition coefficient (Wildman–Crippen LogP) is 2.33. The highest BCUT2D eigenvalue weighted by molar-refractivity contribution is 5.95. The van der Waals surface area contributed by atoms with Crippen LogP contribution in [-0.4, -0.2) is 51.3 Å². The molecule has 0 bridgehead atoms. The summed E-state index contributed by atoms with van der Waals surface area (Å²) in [7, 11) is 1.64. The molecule has 0 radical (unpaired) electrons. The molecule has 8 heteroatoms. The number of likely N-dealkylation sites (tertiary alicyclic amines) is 1. The Morgan fingerprint density at radius 2 is 2.23 bits per heavy atom. The number of ether oxygens (including phenoxy) is 1. The van der Waals surface area contributed by atoms with Gasteiger partial charge in [-0.3, -0.25) is 9.89 Å². The number of rotatable bonds is 6. The minimum atomic E-state index is -0.00393. The van der Waals surface area contributed by atoms with Gasteiger partial charge in [0.15, 0.2) is 11.6 Å². The zero-order valence-electron chi connectivity index (χ0n) is 15.4. The van der Waals surface area contributed by atoms with E-state index in [-0.39, 0.29) is 17.7 Å². The lowest BCUT2D eigenvalue weighted by molar-refractivity contribution is 0.0782. The average molecular weight is 359 g/mol.